The van der Waals surface area contributed by atoms with Gasteiger partial charge in [-0.3, -0.25) is 4.79 Å². The van der Waals surface area contributed by atoms with Crippen molar-refractivity contribution < 1.29 is 13.2 Å². The molecular formula is C21H25ClN2O3S2. The number of carbonyl (C=O) groups is 1. The van der Waals surface area contributed by atoms with Crippen LogP contribution in [0, 0.1) is 5.92 Å². The molecule has 0 aromatic heterocycles. The van der Waals surface area contributed by atoms with Crippen LogP contribution in [0.25, 0.3) is 0 Å². The molecule has 2 aromatic rings. The topological polar surface area (TPSA) is 66.5 Å². The zero-order valence-electron chi connectivity index (χ0n) is 16.1. The van der Waals surface area contributed by atoms with Crippen LogP contribution in [0.15, 0.2) is 59.5 Å². The van der Waals surface area contributed by atoms with Crippen LogP contribution in [0.5, 0.6) is 0 Å². The number of hydrogen-bond acceptors (Lipinski definition) is 4. The number of hydrogen-bond donors (Lipinski definition) is 1. The van der Waals surface area contributed by atoms with Gasteiger partial charge in [0.05, 0.1) is 10.8 Å². The number of rotatable bonds is 8. The summed E-state index contributed by atoms with van der Waals surface area (Å²) in [5.41, 5.74) is 1.16. The number of nitrogens with zero attached hydrogens (tertiary/aromatic N) is 1. The second-order valence-corrected chi connectivity index (χ2v) is 10.5. The molecule has 29 heavy (non-hydrogen) atoms. The Balaban J connectivity index is 1.45. The molecule has 1 atom stereocenters. The third-order valence-electron chi connectivity index (χ3n) is 4.84. The number of carbonyl (C=O) groups excluding carboxylic acids is 1. The van der Waals surface area contributed by atoms with Gasteiger partial charge in [-0.05, 0) is 42.7 Å². The molecule has 1 aliphatic rings. The Bertz CT molecular complexity index is 923. The van der Waals surface area contributed by atoms with Crippen LogP contribution in [0.4, 0.5) is 0 Å². The van der Waals surface area contributed by atoms with Gasteiger partial charge in [0.2, 0.25) is 15.9 Å². The molecule has 3 rings (SSSR count). The highest BCUT2D eigenvalue weighted by molar-refractivity contribution is 7.98. The molecule has 1 unspecified atom stereocenters. The van der Waals surface area contributed by atoms with Gasteiger partial charge >= 0.3 is 0 Å². The van der Waals surface area contributed by atoms with E-state index in [4.69, 9.17) is 11.6 Å². The van der Waals surface area contributed by atoms with Crippen LogP contribution >= 0.6 is 23.4 Å². The lowest BCUT2D eigenvalue weighted by molar-refractivity contribution is -0.125. The second-order valence-electron chi connectivity index (χ2n) is 6.99. The van der Waals surface area contributed by atoms with Crippen molar-refractivity contribution in [1.29, 1.82) is 0 Å². The van der Waals surface area contributed by atoms with E-state index in [1.165, 1.54) is 4.31 Å². The summed E-state index contributed by atoms with van der Waals surface area (Å²) in [6.45, 7) is 1.25. The molecule has 5 nitrogen and oxygen atoms in total. The maximum absolute atomic E-state index is 12.8. The molecule has 0 spiro atoms. The van der Waals surface area contributed by atoms with E-state index < -0.39 is 10.0 Å². The van der Waals surface area contributed by atoms with Crippen molar-refractivity contribution in [2.45, 2.75) is 23.5 Å². The lowest BCUT2D eigenvalue weighted by atomic mass is 9.99. The van der Waals surface area contributed by atoms with Crippen LogP contribution in [-0.4, -0.2) is 44.0 Å². The number of halogens is 1. The number of amides is 1. The first-order valence-corrected chi connectivity index (χ1v) is 12.6. The van der Waals surface area contributed by atoms with Crippen LogP contribution in [-0.2, 0) is 20.6 Å². The van der Waals surface area contributed by atoms with Crippen LogP contribution in [0.2, 0.25) is 5.02 Å². The van der Waals surface area contributed by atoms with Gasteiger partial charge in [-0.1, -0.05) is 41.9 Å². The Hall–Kier alpha value is -1.54. The lowest BCUT2D eigenvalue weighted by Gasteiger charge is -2.31. The van der Waals surface area contributed by atoms with Gasteiger partial charge in [-0.2, -0.15) is 16.1 Å². The van der Waals surface area contributed by atoms with Gasteiger partial charge in [0.15, 0.2) is 0 Å². The van der Waals surface area contributed by atoms with Crippen molar-refractivity contribution in [3.8, 4) is 0 Å². The maximum Gasteiger partial charge on any atom is 0.243 e. The Morgan fingerprint density at radius 2 is 1.97 bits per heavy atom. The summed E-state index contributed by atoms with van der Waals surface area (Å²) in [5.74, 6) is 1.25. The third-order valence-corrected chi connectivity index (χ3v) is 7.98. The van der Waals surface area contributed by atoms with E-state index in [0.717, 1.165) is 22.1 Å². The molecule has 0 saturated carbocycles. The molecule has 156 valence electrons. The summed E-state index contributed by atoms with van der Waals surface area (Å²) in [7, 11) is -3.55. The number of benzene rings is 2. The fourth-order valence-corrected chi connectivity index (χ4v) is 5.89. The average Bonchev–Trinajstić information content (AvgIpc) is 2.74. The van der Waals surface area contributed by atoms with Crippen molar-refractivity contribution in [2.24, 2.45) is 5.92 Å². The van der Waals surface area contributed by atoms with Crippen molar-refractivity contribution in [1.82, 2.24) is 9.62 Å². The van der Waals surface area contributed by atoms with Gasteiger partial charge in [0, 0.05) is 36.2 Å². The number of thioether (sulfide) groups is 1. The minimum Gasteiger partial charge on any atom is -0.355 e. The first-order valence-electron chi connectivity index (χ1n) is 9.62. The van der Waals surface area contributed by atoms with E-state index >= 15 is 0 Å². The second kappa shape index (κ2) is 10.5. The molecule has 0 radical (unpaired) electrons. The quantitative estimate of drug-likeness (QED) is 0.619. The smallest absolute Gasteiger partial charge is 0.243 e. The lowest BCUT2D eigenvalue weighted by Crippen LogP contribution is -2.45. The summed E-state index contributed by atoms with van der Waals surface area (Å²) >= 11 is 7.71. The molecule has 0 bridgehead atoms. The van der Waals surface area contributed by atoms with Gasteiger partial charge < -0.3 is 5.32 Å². The molecule has 2 aromatic carbocycles. The fraction of sp³-hybridized carbons (Fsp3) is 0.381. The highest BCUT2D eigenvalue weighted by atomic mass is 35.5. The van der Waals surface area contributed by atoms with Gasteiger partial charge in [0.1, 0.15) is 0 Å². The molecule has 1 heterocycles. The highest BCUT2D eigenvalue weighted by Crippen LogP contribution is 2.24. The number of sulfonamides is 1. The van der Waals surface area contributed by atoms with E-state index in [0.29, 0.717) is 25.9 Å². The average molecular weight is 453 g/mol. The standard InChI is InChI=1S/C21H25ClN2O3S2/c22-19-8-4-6-17(14-19)16-28-13-11-23-21(25)18-7-5-12-24(15-18)29(26,27)20-9-2-1-3-10-20/h1-4,6,8-10,14,18H,5,7,11-13,15-16H2,(H,23,25). The largest absolute Gasteiger partial charge is 0.355 e. The van der Waals surface area contributed by atoms with Crippen LogP contribution in [0.3, 0.4) is 0 Å². The number of nitrogens with one attached hydrogen (secondary N) is 1. The summed E-state index contributed by atoms with van der Waals surface area (Å²) in [4.78, 5) is 12.8. The van der Waals surface area contributed by atoms with E-state index in [1.54, 1.807) is 42.1 Å². The van der Waals surface area contributed by atoms with Crippen molar-refractivity contribution >= 4 is 39.3 Å². The molecule has 1 N–H and O–H groups in total. The van der Waals surface area contributed by atoms with E-state index in [-0.39, 0.29) is 23.3 Å². The molecule has 1 aliphatic heterocycles. The number of piperidine rings is 1. The molecule has 1 saturated heterocycles. The normalized spacial score (nSPS) is 17.8. The van der Waals surface area contributed by atoms with Crippen molar-refractivity contribution in [3.05, 3.63) is 65.2 Å². The summed E-state index contributed by atoms with van der Waals surface area (Å²) in [6.07, 6.45) is 1.40. The summed E-state index contributed by atoms with van der Waals surface area (Å²) < 4.78 is 27.0. The van der Waals surface area contributed by atoms with Crippen molar-refractivity contribution in [2.75, 3.05) is 25.4 Å². The maximum atomic E-state index is 12.8. The van der Waals surface area contributed by atoms with Gasteiger partial charge in [0.25, 0.3) is 0 Å². The van der Waals surface area contributed by atoms with Gasteiger partial charge in [-0.15, -0.1) is 0 Å². The molecule has 0 aliphatic carbocycles. The predicted octanol–water partition coefficient (Wildman–Crippen LogP) is 3.79. The Morgan fingerprint density at radius 1 is 1.17 bits per heavy atom. The first-order chi connectivity index (χ1) is 14.0. The molecular weight excluding hydrogens is 428 g/mol. The monoisotopic (exact) mass is 452 g/mol. The van der Waals surface area contributed by atoms with Gasteiger partial charge in [-0.25, -0.2) is 8.42 Å². The van der Waals surface area contributed by atoms with E-state index in [1.807, 2.05) is 24.3 Å². The van der Waals surface area contributed by atoms with Crippen LogP contribution in [0.1, 0.15) is 18.4 Å². The van der Waals surface area contributed by atoms with E-state index in [2.05, 4.69) is 5.32 Å². The Morgan fingerprint density at radius 3 is 2.72 bits per heavy atom. The molecule has 1 fully saturated rings. The Labute approximate surface area is 181 Å². The summed E-state index contributed by atoms with van der Waals surface area (Å²) in [6, 6.07) is 16.1. The SMILES string of the molecule is O=C(NCCSCc1cccc(Cl)c1)C1CCCN(S(=O)(=O)c2ccccc2)C1. The minimum atomic E-state index is -3.55. The highest BCUT2D eigenvalue weighted by Gasteiger charge is 2.33. The third kappa shape index (κ3) is 6.22. The zero-order chi connectivity index (χ0) is 20.7. The first kappa shape index (κ1) is 22.2. The predicted molar refractivity (Wildman–Crippen MR) is 119 cm³/mol. The zero-order valence-corrected chi connectivity index (χ0v) is 18.5. The van der Waals surface area contributed by atoms with Crippen molar-refractivity contribution in [3.63, 3.8) is 0 Å². The fourth-order valence-electron chi connectivity index (χ4n) is 3.32. The molecule has 8 heteroatoms. The summed E-state index contributed by atoms with van der Waals surface area (Å²) in [5, 5.41) is 3.68. The minimum absolute atomic E-state index is 0.0682. The Kier molecular flexibility index (Phi) is 8.00. The molecule has 1 amide bonds. The van der Waals surface area contributed by atoms with Crippen LogP contribution < -0.4 is 5.32 Å². The van der Waals surface area contributed by atoms with E-state index in [9.17, 15) is 13.2 Å².